The Hall–Kier alpha value is -4.91. The number of phenols is 1. The molecule has 4 atom stereocenters. The van der Waals surface area contributed by atoms with E-state index < -0.39 is 53.8 Å². The first kappa shape index (κ1) is 31.0. The number of carbonyl (C=O) groups is 5. The number of para-hydroxylation sites is 1. The van der Waals surface area contributed by atoms with Gasteiger partial charge in [-0.15, -0.1) is 0 Å². The van der Waals surface area contributed by atoms with Crippen LogP contribution in [0.15, 0.2) is 54.7 Å². The lowest BCUT2D eigenvalue weighted by molar-refractivity contribution is -0.149. The molecule has 228 valence electrons. The van der Waals surface area contributed by atoms with Gasteiger partial charge in [0.2, 0.25) is 17.7 Å². The SMILES string of the molecule is NC(CCC(=O)O)C(=O)NC(Cc1c[nH]c2ccccc12)C(=O)NC(Cc1ccc(O)cc1)C(=O)N1CCCC1C(=O)O. The minimum Gasteiger partial charge on any atom is -0.508 e. The zero-order valence-corrected chi connectivity index (χ0v) is 23.4. The van der Waals surface area contributed by atoms with Crippen molar-refractivity contribution in [2.45, 2.75) is 62.7 Å². The number of likely N-dealkylation sites (tertiary alicyclic amines) is 1. The number of aromatic hydroxyl groups is 1. The van der Waals surface area contributed by atoms with E-state index in [1.165, 1.54) is 17.0 Å². The summed E-state index contributed by atoms with van der Waals surface area (Å²) in [5.74, 6) is -4.25. The molecule has 1 aliphatic rings. The molecule has 2 aromatic carbocycles. The van der Waals surface area contributed by atoms with Gasteiger partial charge >= 0.3 is 11.9 Å². The number of carboxylic acid groups (broad SMARTS) is 2. The summed E-state index contributed by atoms with van der Waals surface area (Å²) in [7, 11) is 0. The lowest BCUT2D eigenvalue weighted by Gasteiger charge is -2.29. The minimum absolute atomic E-state index is 0.000427. The first-order chi connectivity index (χ1) is 20.5. The van der Waals surface area contributed by atoms with Gasteiger partial charge in [-0.2, -0.15) is 0 Å². The van der Waals surface area contributed by atoms with Crippen molar-refractivity contribution in [3.05, 3.63) is 65.9 Å². The Morgan fingerprint density at radius 1 is 0.953 bits per heavy atom. The fourth-order valence-corrected chi connectivity index (χ4v) is 5.25. The number of hydrogen-bond acceptors (Lipinski definition) is 7. The lowest BCUT2D eigenvalue weighted by atomic mass is 10.0. The maximum atomic E-state index is 13.8. The number of H-pyrrole nitrogens is 1. The van der Waals surface area contributed by atoms with E-state index in [1.807, 2.05) is 24.3 Å². The standard InChI is InChI=1S/C30H35N5O8/c31-21(11-12-26(37)38)27(39)33-23(15-18-16-32-22-5-2-1-4-20(18)22)28(40)34-24(14-17-7-9-19(36)10-8-17)29(41)35-13-3-6-25(35)30(42)43/h1-2,4-5,7-10,16,21,23-25,32,36H,3,6,11-15,31H2,(H,33,39)(H,34,40)(H,37,38)(H,42,43). The lowest BCUT2D eigenvalue weighted by Crippen LogP contribution is -2.58. The van der Waals surface area contributed by atoms with E-state index >= 15 is 0 Å². The van der Waals surface area contributed by atoms with Gasteiger partial charge in [-0.1, -0.05) is 30.3 Å². The second kappa shape index (κ2) is 13.8. The molecule has 3 amide bonds. The van der Waals surface area contributed by atoms with Gasteiger partial charge in [0.15, 0.2) is 0 Å². The highest BCUT2D eigenvalue weighted by Crippen LogP contribution is 2.22. The third-order valence-corrected chi connectivity index (χ3v) is 7.55. The minimum atomic E-state index is -1.20. The van der Waals surface area contributed by atoms with E-state index in [2.05, 4.69) is 15.6 Å². The van der Waals surface area contributed by atoms with E-state index in [0.717, 1.165) is 10.9 Å². The van der Waals surface area contributed by atoms with Gasteiger partial charge in [-0.05, 0) is 48.6 Å². The molecule has 13 heteroatoms. The van der Waals surface area contributed by atoms with Crippen molar-refractivity contribution in [1.82, 2.24) is 20.5 Å². The monoisotopic (exact) mass is 593 g/mol. The summed E-state index contributed by atoms with van der Waals surface area (Å²) >= 11 is 0. The number of phenolic OH excluding ortho intramolecular Hbond substituents is 1. The average molecular weight is 594 g/mol. The maximum Gasteiger partial charge on any atom is 0.326 e. The summed E-state index contributed by atoms with van der Waals surface area (Å²) in [6.45, 7) is 0.214. The van der Waals surface area contributed by atoms with Crippen LogP contribution in [0.25, 0.3) is 10.9 Å². The van der Waals surface area contributed by atoms with E-state index in [-0.39, 0.29) is 44.4 Å². The molecule has 4 unspecified atom stereocenters. The van der Waals surface area contributed by atoms with Crippen molar-refractivity contribution < 1.29 is 39.3 Å². The van der Waals surface area contributed by atoms with Crippen molar-refractivity contribution >= 4 is 40.6 Å². The second-order valence-corrected chi connectivity index (χ2v) is 10.6. The molecule has 4 rings (SSSR count). The summed E-state index contributed by atoms with van der Waals surface area (Å²) in [4.78, 5) is 67.6. The van der Waals surface area contributed by atoms with E-state index in [1.54, 1.807) is 18.3 Å². The molecule has 13 nitrogen and oxygen atoms in total. The molecule has 1 saturated heterocycles. The number of rotatable bonds is 13. The largest absolute Gasteiger partial charge is 0.508 e. The quantitative estimate of drug-likeness (QED) is 0.150. The number of hydrogen-bond donors (Lipinski definition) is 7. The molecular formula is C30H35N5O8. The molecule has 1 fully saturated rings. The molecule has 43 heavy (non-hydrogen) atoms. The maximum absolute atomic E-state index is 13.8. The Balaban J connectivity index is 1.61. The zero-order valence-electron chi connectivity index (χ0n) is 23.4. The third-order valence-electron chi connectivity index (χ3n) is 7.55. The number of amides is 3. The highest BCUT2D eigenvalue weighted by atomic mass is 16.4. The molecule has 2 heterocycles. The Kier molecular flexibility index (Phi) is 9.99. The number of nitrogens with two attached hydrogens (primary N) is 1. The second-order valence-electron chi connectivity index (χ2n) is 10.6. The first-order valence-electron chi connectivity index (χ1n) is 14.0. The molecule has 0 aliphatic carbocycles. The molecule has 0 saturated carbocycles. The number of nitrogens with zero attached hydrogens (tertiary/aromatic N) is 1. The topological polar surface area (TPSA) is 215 Å². The Morgan fingerprint density at radius 2 is 1.65 bits per heavy atom. The van der Waals surface area contributed by atoms with Gasteiger partial charge in [0.1, 0.15) is 23.9 Å². The van der Waals surface area contributed by atoms with Crippen LogP contribution in [0.4, 0.5) is 0 Å². The number of carboxylic acids is 2. The van der Waals surface area contributed by atoms with Crippen molar-refractivity contribution in [2.75, 3.05) is 6.54 Å². The molecule has 0 radical (unpaired) electrons. The van der Waals surface area contributed by atoms with Crippen LogP contribution in [0, 0.1) is 0 Å². The van der Waals surface area contributed by atoms with Gasteiger partial charge in [0, 0.05) is 42.9 Å². The first-order valence-corrected chi connectivity index (χ1v) is 14.0. The van der Waals surface area contributed by atoms with E-state index in [0.29, 0.717) is 17.5 Å². The predicted octanol–water partition coefficient (Wildman–Crippen LogP) is 0.896. The van der Waals surface area contributed by atoms with Gasteiger partial charge in [-0.3, -0.25) is 19.2 Å². The van der Waals surface area contributed by atoms with Crippen molar-refractivity contribution in [2.24, 2.45) is 5.73 Å². The molecular weight excluding hydrogens is 558 g/mol. The predicted molar refractivity (Wildman–Crippen MR) is 155 cm³/mol. The van der Waals surface area contributed by atoms with Crippen LogP contribution < -0.4 is 16.4 Å². The zero-order chi connectivity index (χ0) is 31.1. The molecule has 1 aromatic heterocycles. The number of benzene rings is 2. The third kappa shape index (κ3) is 7.89. The van der Waals surface area contributed by atoms with Crippen LogP contribution >= 0.6 is 0 Å². The normalized spacial score (nSPS) is 16.8. The van der Waals surface area contributed by atoms with Gasteiger partial charge in [0.25, 0.3) is 0 Å². The number of aromatic nitrogens is 1. The van der Waals surface area contributed by atoms with Crippen LogP contribution in [0.2, 0.25) is 0 Å². The average Bonchev–Trinajstić information content (AvgIpc) is 3.64. The van der Waals surface area contributed by atoms with Crippen LogP contribution in [0.1, 0.15) is 36.8 Å². The van der Waals surface area contributed by atoms with Crippen molar-refractivity contribution in [3.63, 3.8) is 0 Å². The van der Waals surface area contributed by atoms with Crippen molar-refractivity contribution in [3.8, 4) is 5.75 Å². The van der Waals surface area contributed by atoms with Crippen LogP contribution in [-0.4, -0.2) is 85.6 Å². The summed E-state index contributed by atoms with van der Waals surface area (Å²) in [6.07, 6.45) is 2.04. The summed E-state index contributed by atoms with van der Waals surface area (Å²) < 4.78 is 0. The van der Waals surface area contributed by atoms with Crippen LogP contribution in [0.3, 0.4) is 0 Å². The number of aliphatic carboxylic acids is 2. The summed E-state index contributed by atoms with van der Waals surface area (Å²) in [5, 5.41) is 34.5. The van der Waals surface area contributed by atoms with Gasteiger partial charge in [-0.25, -0.2) is 4.79 Å². The molecule has 0 bridgehead atoms. The Morgan fingerprint density at radius 3 is 2.35 bits per heavy atom. The summed E-state index contributed by atoms with van der Waals surface area (Å²) in [6, 6.07) is 8.84. The number of fused-ring (bicyclic) bond motifs is 1. The summed E-state index contributed by atoms with van der Waals surface area (Å²) in [5.41, 5.74) is 8.05. The van der Waals surface area contributed by atoms with Crippen LogP contribution in [0.5, 0.6) is 5.75 Å². The number of nitrogens with one attached hydrogen (secondary N) is 3. The van der Waals surface area contributed by atoms with Crippen LogP contribution in [-0.2, 0) is 36.8 Å². The Labute approximate surface area is 247 Å². The van der Waals surface area contributed by atoms with Gasteiger partial charge < -0.3 is 41.6 Å². The fourth-order valence-electron chi connectivity index (χ4n) is 5.25. The Bertz CT molecular complexity index is 1490. The molecule has 8 N–H and O–H groups in total. The van der Waals surface area contributed by atoms with E-state index in [9.17, 15) is 34.2 Å². The molecule has 0 spiro atoms. The fraction of sp³-hybridized carbons (Fsp3) is 0.367. The van der Waals surface area contributed by atoms with Crippen molar-refractivity contribution in [1.29, 1.82) is 0 Å². The highest BCUT2D eigenvalue weighted by molar-refractivity contribution is 5.95. The van der Waals surface area contributed by atoms with E-state index in [4.69, 9.17) is 10.8 Å². The number of aromatic amines is 1. The number of carbonyl (C=O) groups excluding carboxylic acids is 3. The molecule has 3 aromatic rings. The van der Waals surface area contributed by atoms with Gasteiger partial charge in [0.05, 0.1) is 6.04 Å². The molecule has 1 aliphatic heterocycles. The highest BCUT2D eigenvalue weighted by Gasteiger charge is 2.38. The smallest absolute Gasteiger partial charge is 0.326 e.